The first-order valence-electron chi connectivity index (χ1n) is 12.4. The predicted molar refractivity (Wildman–Crippen MR) is 147 cm³/mol. The summed E-state index contributed by atoms with van der Waals surface area (Å²) in [5.41, 5.74) is 10.2. The normalized spacial score (nSPS) is 10.8. The Morgan fingerprint density at radius 1 is 1.00 bits per heavy atom. The lowest BCUT2D eigenvalue weighted by atomic mass is 10.1. The van der Waals surface area contributed by atoms with Crippen molar-refractivity contribution < 1.29 is 23.9 Å². The molecule has 202 valence electrons. The number of ether oxygens (including phenoxy) is 2. The highest BCUT2D eigenvalue weighted by Gasteiger charge is 2.23. The Bertz CT molecular complexity index is 1540. The van der Waals surface area contributed by atoms with Gasteiger partial charge in [-0.15, -0.1) is 0 Å². The van der Waals surface area contributed by atoms with Gasteiger partial charge in [-0.1, -0.05) is 49.0 Å². The number of imidazole rings is 1. The molecule has 2 amide bonds. The number of hydrogen-bond donors (Lipinski definition) is 3. The van der Waals surface area contributed by atoms with Crippen LogP contribution in [-0.2, 0) is 27.4 Å². The van der Waals surface area contributed by atoms with Gasteiger partial charge in [-0.2, -0.15) is 0 Å². The van der Waals surface area contributed by atoms with Gasteiger partial charge in [-0.25, -0.2) is 19.6 Å². The molecule has 2 aromatic carbocycles. The first-order chi connectivity index (χ1) is 18.8. The topological polar surface area (TPSA) is 150 Å². The molecule has 4 aromatic rings. The number of amides is 2. The van der Waals surface area contributed by atoms with Crippen LogP contribution in [0.1, 0.15) is 35.6 Å². The summed E-state index contributed by atoms with van der Waals surface area (Å²) >= 11 is 0. The molecule has 0 bridgehead atoms. The lowest BCUT2D eigenvalue weighted by Crippen LogP contribution is -2.31. The molecule has 4 N–H and O–H groups in total. The highest BCUT2D eigenvalue weighted by atomic mass is 16.5. The van der Waals surface area contributed by atoms with Gasteiger partial charge in [0.25, 0.3) is 0 Å². The molecule has 0 aliphatic heterocycles. The minimum atomic E-state index is -0.592. The van der Waals surface area contributed by atoms with Crippen molar-refractivity contribution >= 4 is 45.7 Å². The van der Waals surface area contributed by atoms with E-state index in [0.29, 0.717) is 28.7 Å². The molecule has 0 unspecified atom stereocenters. The quantitative estimate of drug-likeness (QED) is 0.161. The summed E-state index contributed by atoms with van der Waals surface area (Å²) in [7, 11) is 0. The number of anilines is 1. The lowest BCUT2D eigenvalue weighted by molar-refractivity contribution is -0.117. The van der Waals surface area contributed by atoms with Gasteiger partial charge in [0.05, 0.1) is 24.2 Å². The summed E-state index contributed by atoms with van der Waals surface area (Å²) in [6.07, 6.45) is -0.592. The second-order valence-electron chi connectivity index (χ2n) is 8.80. The number of rotatable bonds is 10. The Morgan fingerprint density at radius 2 is 1.72 bits per heavy atom. The number of nitrogens with two attached hydrogens (primary N) is 1. The fraction of sp³-hybridized carbons (Fsp3) is 0.250. The number of pyridine rings is 1. The second kappa shape index (κ2) is 12.1. The maximum atomic E-state index is 12.8. The van der Waals surface area contributed by atoms with E-state index < -0.39 is 12.1 Å². The van der Waals surface area contributed by atoms with Gasteiger partial charge in [0.1, 0.15) is 12.1 Å². The highest BCUT2D eigenvalue weighted by Crippen LogP contribution is 2.29. The van der Waals surface area contributed by atoms with E-state index in [1.807, 2.05) is 48.5 Å². The fourth-order valence-electron chi connectivity index (χ4n) is 3.99. The van der Waals surface area contributed by atoms with Crippen molar-refractivity contribution in [2.24, 2.45) is 0 Å². The molecule has 0 atom stereocenters. The van der Waals surface area contributed by atoms with Crippen molar-refractivity contribution in [3.8, 4) is 0 Å². The molecule has 39 heavy (non-hydrogen) atoms. The average molecular weight is 531 g/mol. The van der Waals surface area contributed by atoms with Crippen LogP contribution in [0.4, 0.5) is 10.6 Å². The maximum Gasteiger partial charge on any atom is 0.407 e. The van der Waals surface area contributed by atoms with E-state index in [1.165, 1.54) is 0 Å². The van der Waals surface area contributed by atoms with Crippen molar-refractivity contribution in [1.29, 1.82) is 0 Å². The van der Waals surface area contributed by atoms with Crippen LogP contribution < -0.4 is 16.4 Å². The molecule has 0 fully saturated rings. The zero-order chi connectivity index (χ0) is 27.9. The van der Waals surface area contributed by atoms with Gasteiger partial charge >= 0.3 is 12.1 Å². The number of nitrogen functional groups attached to an aromatic ring is 1. The summed E-state index contributed by atoms with van der Waals surface area (Å²) in [5, 5.41) is 6.09. The van der Waals surface area contributed by atoms with E-state index in [-0.39, 0.29) is 43.9 Å². The largest absolute Gasteiger partial charge is 0.460 e. The van der Waals surface area contributed by atoms with Crippen LogP contribution in [0, 0.1) is 0 Å². The van der Waals surface area contributed by atoms with E-state index >= 15 is 0 Å². The Hall–Kier alpha value is -4.93. The van der Waals surface area contributed by atoms with Crippen LogP contribution in [0.2, 0.25) is 0 Å². The van der Waals surface area contributed by atoms with E-state index in [2.05, 4.69) is 27.2 Å². The standard InChI is InChI=1S/C28H30N6O5/c1-4-38-27(36)25-33-22-23(20-7-5-6-8-21(20)32-24(22)29)34(25)16-19-11-9-18(10-12-19)15-31-28(37)39-14-13-30-26(35)17(2)3/h5-12H,2,4,13-16H2,1,3H3,(H2,29,32)(H,30,35)(H,31,37). The summed E-state index contributed by atoms with van der Waals surface area (Å²) in [6.45, 7) is 7.92. The zero-order valence-electron chi connectivity index (χ0n) is 21.8. The molecule has 0 aliphatic rings. The minimum Gasteiger partial charge on any atom is -0.460 e. The van der Waals surface area contributed by atoms with E-state index in [4.69, 9.17) is 15.2 Å². The number of benzene rings is 2. The highest BCUT2D eigenvalue weighted by molar-refractivity contribution is 6.08. The number of nitrogens with one attached hydrogen (secondary N) is 2. The number of para-hydroxylation sites is 1. The Balaban J connectivity index is 1.48. The molecular weight excluding hydrogens is 500 g/mol. The van der Waals surface area contributed by atoms with Crippen LogP contribution >= 0.6 is 0 Å². The number of carbonyl (C=O) groups is 3. The molecule has 11 nitrogen and oxygen atoms in total. The third kappa shape index (κ3) is 6.32. The molecule has 0 aliphatic carbocycles. The van der Waals surface area contributed by atoms with Crippen molar-refractivity contribution in [2.75, 3.05) is 25.5 Å². The molecule has 4 rings (SSSR count). The Morgan fingerprint density at radius 3 is 2.44 bits per heavy atom. The zero-order valence-corrected chi connectivity index (χ0v) is 21.8. The van der Waals surface area contributed by atoms with Crippen LogP contribution in [0.5, 0.6) is 0 Å². The van der Waals surface area contributed by atoms with Gasteiger partial charge in [-0.3, -0.25) is 4.79 Å². The molecule has 11 heteroatoms. The van der Waals surface area contributed by atoms with Crippen LogP contribution in [0.25, 0.3) is 21.9 Å². The fourth-order valence-corrected chi connectivity index (χ4v) is 3.99. The van der Waals surface area contributed by atoms with Gasteiger partial charge < -0.3 is 30.4 Å². The Labute approximate surface area is 225 Å². The monoisotopic (exact) mass is 530 g/mol. The summed E-state index contributed by atoms with van der Waals surface area (Å²) in [6, 6.07) is 15.1. The van der Waals surface area contributed by atoms with E-state index in [0.717, 1.165) is 16.5 Å². The van der Waals surface area contributed by atoms with Crippen LogP contribution in [0.15, 0.2) is 60.7 Å². The van der Waals surface area contributed by atoms with Crippen LogP contribution in [0.3, 0.4) is 0 Å². The van der Waals surface area contributed by atoms with Gasteiger partial charge in [0, 0.05) is 24.0 Å². The minimum absolute atomic E-state index is 0.0418. The van der Waals surface area contributed by atoms with Gasteiger partial charge in [-0.05, 0) is 31.0 Å². The molecule has 0 radical (unpaired) electrons. The summed E-state index contributed by atoms with van der Waals surface area (Å²) in [5.74, 6) is -0.453. The SMILES string of the molecule is C=C(C)C(=O)NCCOC(=O)NCc1ccc(Cn2c(C(=O)OCC)nc3c(N)nc4ccccc4c32)cc1. The molecule has 2 heterocycles. The van der Waals surface area contributed by atoms with Crippen molar-refractivity contribution in [2.45, 2.75) is 26.9 Å². The number of hydrogen-bond acceptors (Lipinski definition) is 8. The van der Waals surface area contributed by atoms with E-state index in [1.54, 1.807) is 18.4 Å². The smallest absolute Gasteiger partial charge is 0.407 e. The maximum absolute atomic E-state index is 12.8. The number of fused-ring (bicyclic) bond motifs is 3. The third-order valence-corrected chi connectivity index (χ3v) is 5.88. The van der Waals surface area contributed by atoms with Crippen LogP contribution in [-0.4, -0.2) is 52.3 Å². The molecular formula is C28H30N6O5. The number of nitrogens with zero attached hydrogens (tertiary/aromatic N) is 3. The summed E-state index contributed by atoms with van der Waals surface area (Å²) in [4.78, 5) is 45.1. The van der Waals surface area contributed by atoms with Crippen molar-refractivity contribution in [3.05, 3.63) is 77.6 Å². The number of esters is 1. The molecule has 0 saturated carbocycles. The number of aromatic nitrogens is 3. The molecule has 2 aromatic heterocycles. The van der Waals surface area contributed by atoms with Crippen molar-refractivity contribution in [3.63, 3.8) is 0 Å². The lowest BCUT2D eigenvalue weighted by Gasteiger charge is -2.12. The predicted octanol–water partition coefficient (Wildman–Crippen LogP) is 3.31. The molecule has 0 spiro atoms. The second-order valence-corrected chi connectivity index (χ2v) is 8.80. The molecule has 0 saturated heterocycles. The van der Waals surface area contributed by atoms with Gasteiger partial charge in [0.2, 0.25) is 11.7 Å². The third-order valence-electron chi connectivity index (χ3n) is 5.88. The number of alkyl carbamates (subject to hydrolysis) is 1. The number of carbonyl (C=O) groups excluding carboxylic acids is 3. The first kappa shape index (κ1) is 27.1. The summed E-state index contributed by atoms with van der Waals surface area (Å²) < 4.78 is 12.1. The average Bonchev–Trinajstić information content (AvgIpc) is 3.31. The first-order valence-corrected chi connectivity index (χ1v) is 12.4. The Kier molecular flexibility index (Phi) is 8.40. The van der Waals surface area contributed by atoms with Crippen molar-refractivity contribution in [1.82, 2.24) is 25.2 Å². The van der Waals surface area contributed by atoms with E-state index in [9.17, 15) is 14.4 Å². The van der Waals surface area contributed by atoms with Gasteiger partial charge in [0.15, 0.2) is 5.82 Å².